The Labute approximate surface area is 246 Å². The first-order chi connectivity index (χ1) is 19.9. The van der Waals surface area contributed by atoms with E-state index in [1.54, 1.807) is 24.3 Å². The van der Waals surface area contributed by atoms with Gasteiger partial charge in [-0.25, -0.2) is 0 Å². The van der Waals surface area contributed by atoms with E-state index in [-0.39, 0.29) is 12.4 Å². The Kier molecular flexibility index (Phi) is 10.3. The fourth-order valence-corrected chi connectivity index (χ4v) is 6.73. The van der Waals surface area contributed by atoms with Crippen LogP contribution in [0.3, 0.4) is 0 Å². The lowest BCUT2D eigenvalue weighted by Gasteiger charge is -2.25. The van der Waals surface area contributed by atoms with Crippen LogP contribution in [-0.4, -0.2) is 38.8 Å². The average Bonchev–Trinajstić information content (AvgIpc) is 3.32. The van der Waals surface area contributed by atoms with Gasteiger partial charge in [-0.1, -0.05) is 120 Å². The first-order valence-corrected chi connectivity index (χ1v) is 16.0. The van der Waals surface area contributed by atoms with Crippen molar-refractivity contribution in [1.29, 1.82) is 0 Å². The summed E-state index contributed by atoms with van der Waals surface area (Å²) < 4.78 is 50.7. The Morgan fingerprint density at radius 1 is 0.683 bits per heavy atom. The number of thioether (sulfide) groups is 1. The van der Waals surface area contributed by atoms with Crippen LogP contribution < -0.4 is 0 Å². The molecule has 8 heteroatoms. The van der Waals surface area contributed by atoms with E-state index in [4.69, 9.17) is 18.4 Å². The molecule has 0 saturated carbocycles. The molecule has 4 atom stereocenters. The molecule has 1 heterocycles. The minimum atomic E-state index is -3.85. The third-order valence-electron chi connectivity index (χ3n) is 6.71. The van der Waals surface area contributed by atoms with Gasteiger partial charge in [0.15, 0.2) is 0 Å². The molecule has 1 saturated heterocycles. The minimum absolute atomic E-state index is 0.176. The molecule has 1 aliphatic heterocycles. The van der Waals surface area contributed by atoms with Crippen LogP contribution in [0.4, 0.5) is 0 Å². The second kappa shape index (κ2) is 14.3. The monoisotopic (exact) mass is 590 g/mol. The zero-order valence-electron chi connectivity index (χ0n) is 22.9. The van der Waals surface area contributed by atoms with Crippen molar-refractivity contribution in [2.45, 2.75) is 54.5 Å². The van der Waals surface area contributed by atoms with Gasteiger partial charge in [-0.15, -0.1) is 0 Å². The van der Waals surface area contributed by atoms with Gasteiger partial charge in [-0.05, 0) is 35.7 Å². The van der Waals surface area contributed by atoms with Gasteiger partial charge >= 0.3 is 0 Å². The van der Waals surface area contributed by atoms with E-state index in [9.17, 15) is 8.42 Å². The van der Waals surface area contributed by atoms with E-state index in [0.29, 0.717) is 18.8 Å². The predicted octanol–water partition coefficient (Wildman–Crippen LogP) is 6.53. The van der Waals surface area contributed by atoms with Crippen LogP contribution >= 0.6 is 11.8 Å². The lowest BCUT2D eigenvalue weighted by molar-refractivity contribution is -0.0797. The zero-order chi connectivity index (χ0) is 28.5. The molecule has 5 rings (SSSR count). The van der Waals surface area contributed by atoms with Gasteiger partial charge < -0.3 is 14.2 Å². The molecule has 0 aromatic heterocycles. The molecule has 0 amide bonds. The normalized spacial score (nSPS) is 20.7. The van der Waals surface area contributed by atoms with E-state index in [1.807, 2.05) is 85.8 Å². The van der Waals surface area contributed by atoms with Crippen molar-refractivity contribution in [1.82, 2.24) is 0 Å². The second-order valence-electron chi connectivity index (χ2n) is 9.97. The van der Waals surface area contributed by atoms with Gasteiger partial charge in [0, 0.05) is 4.90 Å². The molecule has 214 valence electrons. The lowest BCUT2D eigenvalue weighted by atomic mass is 10.1. The van der Waals surface area contributed by atoms with Crippen molar-refractivity contribution in [3.05, 3.63) is 138 Å². The van der Waals surface area contributed by atoms with E-state index in [2.05, 4.69) is 12.1 Å². The molecule has 41 heavy (non-hydrogen) atoms. The predicted molar refractivity (Wildman–Crippen MR) is 161 cm³/mol. The molecule has 0 spiro atoms. The van der Waals surface area contributed by atoms with Gasteiger partial charge in [0.2, 0.25) is 0 Å². The number of benzene rings is 4. The van der Waals surface area contributed by atoms with E-state index >= 15 is 0 Å². The molecule has 4 aromatic rings. The second-order valence-corrected chi connectivity index (χ2v) is 12.8. The Bertz CT molecular complexity index is 1450. The molecule has 1 fully saturated rings. The summed E-state index contributed by atoms with van der Waals surface area (Å²) in [6, 6.07) is 37.0. The van der Waals surface area contributed by atoms with Crippen LogP contribution in [0.5, 0.6) is 0 Å². The fraction of sp³-hybridized carbons (Fsp3) is 0.273. The first kappa shape index (κ1) is 29.5. The quantitative estimate of drug-likeness (QED) is 0.164. The summed E-state index contributed by atoms with van der Waals surface area (Å²) >= 11 is 1.54. The largest absolute Gasteiger partial charge is 0.368 e. The maximum Gasteiger partial charge on any atom is 0.271 e. The average molecular weight is 591 g/mol. The molecule has 6 nitrogen and oxygen atoms in total. The lowest BCUT2D eigenvalue weighted by Crippen LogP contribution is -2.39. The van der Waals surface area contributed by atoms with E-state index in [0.717, 1.165) is 21.6 Å². The maximum atomic E-state index is 12.9. The highest BCUT2D eigenvalue weighted by molar-refractivity contribution is 7.99. The van der Waals surface area contributed by atoms with Gasteiger partial charge in [-0.2, -0.15) is 8.42 Å². The number of hydrogen-bond acceptors (Lipinski definition) is 7. The van der Waals surface area contributed by atoms with Crippen molar-refractivity contribution in [3.8, 4) is 0 Å². The Morgan fingerprint density at radius 2 is 1.20 bits per heavy atom. The van der Waals surface area contributed by atoms with Crippen LogP contribution in [0.1, 0.15) is 22.3 Å². The smallest absolute Gasteiger partial charge is 0.271 e. The summed E-state index contributed by atoms with van der Waals surface area (Å²) in [6.07, 6.45) is -1.70. The molecule has 1 aliphatic rings. The number of aryl methyl sites for hydroxylation is 1. The number of hydrogen-bond donors (Lipinski definition) is 0. The third-order valence-corrected chi connectivity index (χ3v) is 9.05. The highest BCUT2D eigenvalue weighted by Gasteiger charge is 2.47. The first-order valence-electron chi connectivity index (χ1n) is 13.6. The molecule has 0 radical (unpaired) electrons. The summed E-state index contributed by atoms with van der Waals surface area (Å²) in [5, 5.41) is 0. The highest BCUT2D eigenvalue weighted by Crippen LogP contribution is 2.38. The Balaban J connectivity index is 1.36. The van der Waals surface area contributed by atoms with Gasteiger partial charge in [0.25, 0.3) is 10.1 Å². The van der Waals surface area contributed by atoms with Gasteiger partial charge in [-0.3, -0.25) is 4.18 Å². The van der Waals surface area contributed by atoms with E-state index in [1.165, 1.54) is 11.8 Å². The molecule has 0 unspecified atom stereocenters. The van der Waals surface area contributed by atoms with Crippen LogP contribution in [0.2, 0.25) is 0 Å². The Hall–Kier alpha value is -2.98. The zero-order valence-corrected chi connectivity index (χ0v) is 24.5. The summed E-state index contributed by atoms with van der Waals surface area (Å²) in [7, 11) is -3.85. The minimum Gasteiger partial charge on any atom is -0.368 e. The topological polar surface area (TPSA) is 71.1 Å². The van der Waals surface area contributed by atoms with Crippen LogP contribution in [0, 0.1) is 6.92 Å². The van der Waals surface area contributed by atoms with E-state index < -0.39 is 33.9 Å². The van der Waals surface area contributed by atoms with Gasteiger partial charge in [0.05, 0.1) is 19.8 Å². The molecule has 0 aliphatic carbocycles. The van der Waals surface area contributed by atoms with Crippen molar-refractivity contribution in [2.75, 3.05) is 6.61 Å². The SMILES string of the molecule is Cc1ccc(S[C@@H]2O[C@H](COS(=O)(=O)Cc3ccccc3)[C@H](OCc3ccccc3)[C@H]2OCc2ccccc2)cc1. The summed E-state index contributed by atoms with van der Waals surface area (Å²) in [4.78, 5) is 1.02. The third kappa shape index (κ3) is 8.75. The molecule has 0 N–H and O–H groups in total. The van der Waals surface area contributed by atoms with Crippen LogP contribution in [-0.2, 0) is 47.5 Å². The Morgan fingerprint density at radius 3 is 1.76 bits per heavy atom. The number of ether oxygens (including phenoxy) is 3. The summed E-state index contributed by atoms with van der Waals surface area (Å²) in [5.41, 5.74) is 3.41. The highest BCUT2D eigenvalue weighted by atomic mass is 32.2. The standard InChI is InChI=1S/C33H34O6S2/c1-25-17-19-29(20-18-25)40-33-32(37-22-27-13-7-3-8-14-27)31(36-21-26-11-5-2-6-12-26)30(39-33)23-38-41(34,35)24-28-15-9-4-10-16-28/h2-20,30-33H,21-24H2,1H3/t30-,31+,32-,33+/m1/s1. The fourth-order valence-electron chi connectivity index (χ4n) is 4.57. The summed E-state index contributed by atoms with van der Waals surface area (Å²) in [6.45, 7) is 2.56. The van der Waals surface area contributed by atoms with Crippen molar-refractivity contribution < 1.29 is 26.8 Å². The maximum absolute atomic E-state index is 12.9. The summed E-state index contributed by atoms with van der Waals surface area (Å²) in [5.74, 6) is -0.217. The molecular weight excluding hydrogens is 556 g/mol. The molecule has 4 aromatic carbocycles. The molecular formula is C33H34O6S2. The van der Waals surface area contributed by atoms with Gasteiger partial charge in [0.1, 0.15) is 29.5 Å². The van der Waals surface area contributed by atoms with Crippen LogP contribution in [0.25, 0.3) is 0 Å². The molecule has 0 bridgehead atoms. The van der Waals surface area contributed by atoms with Crippen LogP contribution in [0.15, 0.2) is 120 Å². The number of rotatable bonds is 13. The van der Waals surface area contributed by atoms with Crippen molar-refractivity contribution in [3.63, 3.8) is 0 Å². The van der Waals surface area contributed by atoms with Crippen molar-refractivity contribution in [2.24, 2.45) is 0 Å². The van der Waals surface area contributed by atoms with Crippen molar-refractivity contribution >= 4 is 21.9 Å².